The molecule has 3 N–H and O–H groups in total. The summed E-state index contributed by atoms with van der Waals surface area (Å²) in [7, 11) is 0. The zero-order chi connectivity index (χ0) is 17.8. The molecule has 1 aromatic heterocycles. The molecule has 0 amide bonds. The second kappa shape index (κ2) is 7.21. The van der Waals surface area contributed by atoms with Gasteiger partial charge in [0, 0.05) is 11.9 Å². The maximum Gasteiger partial charge on any atom is 0.193 e. The molecule has 25 heavy (non-hydrogen) atoms. The average Bonchev–Trinajstić information content (AvgIpc) is 2.98. The fraction of sp³-hybridized carbons (Fsp3) is 0.200. The number of nitrogens with one attached hydrogen (secondary N) is 1. The number of nitrogens with two attached hydrogens (primary N) is 1. The van der Waals surface area contributed by atoms with E-state index in [1.165, 1.54) is 11.1 Å². The number of para-hydroxylation sites is 1. The summed E-state index contributed by atoms with van der Waals surface area (Å²) in [5, 5.41) is 7.64. The summed E-state index contributed by atoms with van der Waals surface area (Å²) in [6, 6.07) is 16.3. The third-order valence-electron chi connectivity index (χ3n) is 3.87. The van der Waals surface area contributed by atoms with Gasteiger partial charge in [0.25, 0.3) is 0 Å². The summed E-state index contributed by atoms with van der Waals surface area (Å²) in [6.07, 6.45) is 1.95. The van der Waals surface area contributed by atoms with Crippen LogP contribution in [0.15, 0.2) is 59.7 Å². The quantitative estimate of drug-likeness (QED) is 0.565. The van der Waals surface area contributed by atoms with Crippen LogP contribution >= 0.6 is 0 Å². The van der Waals surface area contributed by atoms with Gasteiger partial charge in [-0.05, 0) is 61.7 Å². The molecule has 0 aliphatic rings. The largest absolute Gasteiger partial charge is 0.370 e. The number of aromatic nitrogens is 2. The highest BCUT2D eigenvalue weighted by molar-refractivity contribution is 5.92. The first-order chi connectivity index (χ1) is 12.0. The van der Waals surface area contributed by atoms with Crippen molar-refractivity contribution < 1.29 is 0 Å². The van der Waals surface area contributed by atoms with Crippen LogP contribution in [0.4, 0.5) is 5.69 Å². The third kappa shape index (κ3) is 4.26. The predicted molar refractivity (Wildman–Crippen MR) is 103 cm³/mol. The first-order valence-electron chi connectivity index (χ1n) is 8.27. The lowest BCUT2D eigenvalue weighted by Gasteiger charge is -2.10. The Kier molecular flexibility index (Phi) is 4.84. The normalized spacial score (nSPS) is 11.6. The minimum absolute atomic E-state index is 0.399. The van der Waals surface area contributed by atoms with Crippen molar-refractivity contribution in [3.05, 3.63) is 77.1 Å². The Morgan fingerprint density at radius 2 is 1.80 bits per heavy atom. The van der Waals surface area contributed by atoms with Gasteiger partial charge in [-0.1, -0.05) is 24.3 Å². The van der Waals surface area contributed by atoms with Crippen molar-refractivity contribution in [3.63, 3.8) is 0 Å². The van der Waals surface area contributed by atoms with Crippen LogP contribution in [0, 0.1) is 20.8 Å². The molecule has 5 heteroatoms. The van der Waals surface area contributed by atoms with Crippen molar-refractivity contribution >= 4 is 11.6 Å². The fourth-order valence-electron chi connectivity index (χ4n) is 2.82. The summed E-state index contributed by atoms with van der Waals surface area (Å²) in [5.74, 6) is 0.399. The molecule has 5 nitrogen and oxygen atoms in total. The highest BCUT2D eigenvalue weighted by Gasteiger charge is 2.05. The first kappa shape index (κ1) is 16.8. The number of rotatable bonds is 4. The minimum atomic E-state index is 0.399. The number of anilines is 1. The molecule has 0 aliphatic carbocycles. The fourth-order valence-corrected chi connectivity index (χ4v) is 2.82. The Hall–Kier alpha value is -3.08. The van der Waals surface area contributed by atoms with Gasteiger partial charge in [0.05, 0.1) is 17.9 Å². The molecule has 0 fully saturated rings. The van der Waals surface area contributed by atoms with Gasteiger partial charge in [0.15, 0.2) is 5.96 Å². The Labute approximate surface area is 148 Å². The van der Waals surface area contributed by atoms with Gasteiger partial charge < -0.3 is 11.1 Å². The van der Waals surface area contributed by atoms with Gasteiger partial charge in [-0.15, -0.1) is 0 Å². The highest BCUT2D eigenvalue weighted by atomic mass is 15.3. The molecule has 3 aromatic rings. The number of guanidine groups is 1. The van der Waals surface area contributed by atoms with Crippen LogP contribution in [0.5, 0.6) is 0 Å². The molecule has 0 aliphatic heterocycles. The van der Waals surface area contributed by atoms with E-state index in [-0.39, 0.29) is 0 Å². The summed E-state index contributed by atoms with van der Waals surface area (Å²) >= 11 is 0. The summed E-state index contributed by atoms with van der Waals surface area (Å²) in [6.45, 7) is 6.59. The van der Waals surface area contributed by atoms with E-state index in [4.69, 9.17) is 5.73 Å². The van der Waals surface area contributed by atoms with Gasteiger partial charge in [0.2, 0.25) is 0 Å². The lowest BCUT2D eigenvalue weighted by Crippen LogP contribution is -2.22. The summed E-state index contributed by atoms with van der Waals surface area (Å²) < 4.78 is 1.87. The number of benzene rings is 2. The average molecular weight is 333 g/mol. The van der Waals surface area contributed by atoms with Crippen LogP contribution in [0.2, 0.25) is 0 Å². The number of nitrogens with zero attached hydrogens (tertiary/aromatic N) is 3. The molecule has 0 unspecified atom stereocenters. The minimum Gasteiger partial charge on any atom is -0.370 e. The molecule has 3 rings (SSSR count). The Bertz CT molecular complexity index is 888. The highest BCUT2D eigenvalue weighted by Crippen LogP contribution is 2.16. The summed E-state index contributed by atoms with van der Waals surface area (Å²) in [4.78, 5) is 4.48. The Morgan fingerprint density at radius 3 is 2.48 bits per heavy atom. The van der Waals surface area contributed by atoms with E-state index in [1.807, 2.05) is 48.1 Å². The topological polar surface area (TPSA) is 68.2 Å². The molecule has 0 spiro atoms. The molecule has 0 bridgehead atoms. The van der Waals surface area contributed by atoms with Gasteiger partial charge in [-0.25, -0.2) is 9.67 Å². The zero-order valence-electron chi connectivity index (χ0n) is 14.8. The van der Waals surface area contributed by atoms with Gasteiger partial charge in [0.1, 0.15) is 0 Å². The first-order valence-corrected chi connectivity index (χ1v) is 8.27. The van der Waals surface area contributed by atoms with Crippen LogP contribution in [0.25, 0.3) is 5.69 Å². The second-order valence-corrected chi connectivity index (χ2v) is 6.23. The lowest BCUT2D eigenvalue weighted by atomic mass is 10.1. The van der Waals surface area contributed by atoms with E-state index in [1.54, 1.807) is 0 Å². The summed E-state index contributed by atoms with van der Waals surface area (Å²) in [5.41, 5.74) is 12.5. The molecular weight excluding hydrogens is 310 g/mol. The molecule has 0 saturated heterocycles. The van der Waals surface area contributed by atoms with E-state index < -0.39 is 0 Å². The van der Waals surface area contributed by atoms with Crippen molar-refractivity contribution in [2.75, 3.05) is 5.32 Å². The number of hydrogen-bond acceptors (Lipinski definition) is 2. The predicted octanol–water partition coefficient (Wildman–Crippen LogP) is 3.72. The van der Waals surface area contributed by atoms with Gasteiger partial charge in [-0.3, -0.25) is 0 Å². The molecule has 128 valence electrons. The van der Waals surface area contributed by atoms with Gasteiger partial charge in [-0.2, -0.15) is 5.10 Å². The number of aliphatic imine (C=N–C) groups is 1. The van der Waals surface area contributed by atoms with Crippen LogP contribution in [-0.4, -0.2) is 15.7 Å². The smallest absolute Gasteiger partial charge is 0.193 e. The molecule has 0 saturated carbocycles. The van der Waals surface area contributed by atoms with Crippen molar-refractivity contribution in [1.29, 1.82) is 0 Å². The third-order valence-corrected chi connectivity index (χ3v) is 3.87. The van der Waals surface area contributed by atoms with E-state index in [2.05, 4.69) is 47.5 Å². The maximum atomic E-state index is 6.06. The van der Waals surface area contributed by atoms with Crippen molar-refractivity contribution in [1.82, 2.24) is 9.78 Å². The monoisotopic (exact) mass is 333 g/mol. The molecule has 0 atom stereocenters. The zero-order valence-corrected chi connectivity index (χ0v) is 14.8. The van der Waals surface area contributed by atoms with Crippen LogP contribution < -0.4 is 11.1 Å². The maximum absolute atomic E-state index is 6.06. The van der Waals surface area contributed by atoms with Crippen LogP contribution in [0.3, 0.4) is 0 Å². The van der Waals surface area contributed by atoms with Crippen molar-refractivity contribution in [2.24, 2.45) is 10.7 Å². The molecule has 2 aromatic carbocycles. The molecule has 1 heterocycles. The van der Waals surface area contributed by atoms with E-state index >= 15 is 0 Å². The van der Waals surface area contributed by atoms with E-state index in [0.717, 1.165) is 22.6 Å². The van der Waals surface area contributed by atoms with Crippen molar-refractivity contribution in [2.45, 2.75) is 27.3 Å². The Morgan fingerprint density at radius 1 is 1.08 bits per heavy atom. The number of aryl methyl sites for hydroxylation is 3. The Balaban J connectivity index is 1.77. The van der Waals surface area contributed by atoms with E-state index in [9.17, 15) is 0 Å². The van der Waals surface area contributed by atoms with Gasteiger partial charge >= 0.3 is 0 Å². The van der Waals surface area contributed by atoms with Crippen LogP contribution in [-0.2, 0) is 6.54 Å². The van der Waals surface area contributed by atoms with E-state index in [0.29, 0.717) is 12.5 Å². The molecule has 0 radical (unpaired) electrons. The lowest BCUT2D eigenvalue weighted by molar-refractivity contribution is 0.844. The second-order valence-electron chi connectivity index (χ2n) is 6.23. The van der Waals surface area contributed by atoms with Crippen LogP contribution in [0.1, 0.15) is 22.4 Å². The standard InChI is InChI=1S/C20H23N5/c1-14-10-15(2)12-18(11-14)23-20(21)22-13-17-6-4-5-7-19(17)25-9-8-16(3)24-25/h4-12H,13H2,1-3H3,(H3,21,22,23). The SMILES string of the molecule is Cc1cc(C)cc(NC(N)=NCc2ccccc2-n2ccc(C)n2)c1. The van der Waals surface area contributed by atoms with Crippen molar-refractivity contribution in [3.8, 4) is 5.69 Å². The number of hydrogen-bond donors (Lipinski definition) is 2. The molecular formula is C20H23N5.